The third-order valence-electron chi connectivity index (χ3n) is 5.02. The molecule has 0 N–H and O–H groups in total. The van der Waals surface area contributed by atoms with Crippen molar-refractivity contribution in [3.05, 3.63) is 64.0 Å². The Hall–Kier alpha value is -2.28. The van der Waals surface area contributed by atoms with Crippen LogP contribution < -0.4 is 4.74 Å². The van der Waals surface area contributed by atoms with Crippen LogP contribution >= 0.6 is 23.4 Å². The van der Waals surface area contributed by atoms with Crippen molar-refractivity contribution in [3.8, 4) is 5.75 Å². The van der Waals surface area contributed by atoms with Gasteiger partial charge in [0.2, 0.25) is 0 Å². The number of hydrogen-bond donors (Lipinski definition) is 0. The fourth-order valence-electron chi connectivity index (χ4n) is 3.57. The third kappa shape index (κ3) is 4.41. The van der Waals surface area contributed by atoms with Gasteiger partial charge < -0.3 is 9.47 Å². The molecule has 0 saturated carbocycles. The van der Waals surface area contributed by atoms with Gasteiger partial charge in [0.05, 0.1) is 29.7 Å². The first-order valence-electron chi connectivity index (χ1n) is 9.95. The van der Waals surface area contributed by atoms with E-state index in [1.165, 1.54) is 16.7 Å². The quantitative estimate of drug-likeness (QED) is 0.576. The average molecular weight is 444 g/mol. The molecule has 0 spiro atoms. The summed E-state index contributed by atoms with van der Waals surface area (Å²) in [7, 11) is 0. The van der Waals surface area contributed by atoms with Crippen LogP contribution in [0.15, 0.2) is 58.3 Å². The minimum atomic E-state index is -0.281. The molecule has 2 aromatic rings. The van der Waals surface area contributed by atoms with E-state index in [9.17, 15) is 9.59 Å². The van der Waals surface area contributed by atoms with E-state index in [4.69, 9.17) is 21.1 Å². The standard InChI is InChI=1S/C23H22ClNO4S/c1-2-28-17-9-5-15(6-10-17)20-21(30-19-11-7-16(24)8-12-19)23(27)25(22(20)26)14-18-4-3-13-29-18/h5-12,18H,2-4,13-14H2,1H3. The van der Waals surface area contributed by atoms with Crippen LogP contribution in [0.3, 0.4) is 0 Å². The zero-order valence-corrected chi connectivity index (χ0v) is 18.2. The largest absolute Gasteiger partial charge is 0.494 e. The van der Waals surface area contributed by atoms with Gasteiger partial charge in [-0.2, -0.15) is 0 Å². The minimum Gasteiger partial charge on any atom is -0.494 e. The second-order valence-corrected chi connectivity index (χ2v) is 8.59. The van der Waals surface area contributed by atoms with E-state index >= 15 is 0 Å². The Balaban J connectivity index is 1.68. The number of ether oxygens (including phenoxy) is 2. The van der Waals surface area contributed by atoms with E-state index in [1.807, 2.05) is 43.3 Å². The number of halogens is 1. The normalized spacial score (nSPS) is 19.1. The number of carbonyl (C=O) groups is 2. The fraction of sp³-hybridized carbons (Fsp3) is 0.304. The van der Waals surface area contributed by atoms with E-state index in [2.05, 4.69) is 0 Å². The maximum atomic E-state index is 13.3. The van der Waals surface area contributed by atoms with Crippen LogP contribution in [-0.4, -0.2) is 42.6 Å². The lowest BCUT2D eigenvalue weighted by Gasteiger charge is -2.19. The van der Waals surface area contributed by atoms with Gasteiger partial charge in [0.25, 0.3) is 11.8 Å². The summed E-state index contributed by atoms with van der Waals surface area (Å²) in [5, 5.41) is 0.619. The minimum absolute atomic E-state index is 0.0978. The highest BCUT2D eigenvalue weighted by molar-refractivity contribution is 8.04. The first-order chi connectivity index (χ1) is 14.6. The molecule has 0 aliphatic carbocycles. The molecule has 1 unspecified atom stereocenters. The second-order valence-electron chi connectivity index (χ2n) is 7.07. The smallest absolute Gasteiger partial charge is 0.268 e. The molecule has 2 heterocycles. The first-order valence-corrected chi connectivity index (χ1v) is 11.1. The number of imide groups is 1. The van der Waals surface area contributed by atoms with Crippen LogP contribution in [-0.2, 0) is 14.3 Å². The monoisotopic (exact) mass is 443 g/mol. The number of carbonyl (C=O) groups excluding carboxylic acids is 2. The van der Waals surface area contributed by atoms with Crippen molar-refractivity contribution in [1.82, 2.24) is 4.90 Å². The van der Waals surface area contributed by atoms with Crippen LogP contribution in [0.4, 0.5) is 0 Å². The zero-order chi connectivity index (χ0) is 21.1. The molecule has 1 fully saturated rings. The molecule has 4 rings (SSSR count). The van der Waals surface area contributed by atoms with Gasteiger partial charge in [-0.15, -0.1) is 0 Å². The Bertz CT molecular complexity index is 966. The Morgan fingerprint density at radius 3 is 2.47 bits per heavy atom. The number of amides is 2. The van der Waals surface area contributed by atoms with Gasteiger partial charge in [0, 0.05) is 16.5 Å². The number of thioether (sulfide) groups is 1. The van der Waals surface area contributed by atoms with Crippen LogP contribution in [0.25, 0.3) is 5.57 Å². The summed E-state index contributed by atoms with van der Waals surface area (Å²) >= 11 is 7.27. The van der Waals surface area contributed by atoms with Crippen molar-refractivity contribution in [2.75, 3.05) is 19.8 Å². The molecule has 156 valence electrons. The summed E-state index contributed by atoms with van der Waals surface area (Å²) in [5.41, 5.74) is 1.11. The van der Waals surface area contributed by atoms with Crippen molar-refractivity contribution >= 4 is 40.8 Å². The maximum Gasteiger partial charge on any atom is 0.268 e. The van der Waals surface area contributed by atoms with Crippen molar-refractivity contribution in [1.29, 1.82) is 0 Å². The lowest BCUT2D eigenvalue weighted by Crippen LogP contribution is -2.37. The Kier molecular flexibility index (Phi) is 6.46. The predicted octanol–water partition coefficient (Wildman–Crippen LogP) is 4.79. The van der Waals surface area contributed by atoms with Crippen molar-refractivity contribution in [3.63, 3.8) is 0 Å². The van der Waals surface area contributed by atoms with E-state index in [1.54, 1.807) is 12.1 Å². The number of rotatable bonds is 7. The number of nitrogens with zero attached hydrogens (tertiary/aromatic N) is 1. The summed E-state index contributed by atoms with van der Waals surface area (Å²) in [6.07, 6.45) is 1.71. The van der Waals surface area contributed by atoms with Gasteiger partial charge in [-0.05, 0) is 61.7 Å². The van der Waals surface area contributed by atoms with Crippen LogP contribution in [0.2, 0.25) is 5.02 Å². The number of benzene rings is 2. The van der Waals surface area contributed by atoms with Gasteiger partial charge >= 0.3 is 0 Å². The Morgan fingerprint density at radius 1 is 1.10 bits per heavy atom. The first kappa shape index (κ1) is 21.0. The van der Waals surface area contributed by atoms with Crippen molar-refractivity contribution < 1.29 is 19.1 Å². The highest BCUT2D eigenvalue weighted by Gasteiger charge is 2.40. The van der Waals surface area contributed by atoms with Crippen LogP contribution in [0.1, 0.15) is 25.3 Å². The molecule has 1 atom stereocenters. The molecule has 1 saturated heterocycles. The summed E-state index contributed by atoms with van der Waals surface area (Å²) in [5.74, 6) is 0.164. The number of hydrogen-bond acceptors (Lipinski definition) is 5. The summed E-state index contributed by atoms with van der Waals surface area (Å²) < 4.78 is 11.2. The molecule has 30 heavy (non-hydrogen) atoms. The predicted molar refractivity (Wildman–Crippen MR) is 118 cm³/mol. The van der Waals surface area contributed by atoms with Crippen LogP contribution in [0.5, 0.6) is 5.75 Å². The third-order valence-corrected chi connectivity index (χ3v) is 6.37. The average Bonchev–Trinajstić information content (AvgIpc) is 3.34. The highest BCUT2D eigenvalue weighted by Crippen LogP contribution is 2.40. The maximum absolute atomic E-state index is 13.3. The molecule has 2 aromatic carbocycles. The van der Waals surface area contributed by atoms with Crippen molar-refractivity contribution in [2.45, 2.75) is 30.8 Å². The van der Waals surface area contributed by atoms with Gasteiger partial charge in [-0.25, -0.2) is 0 Å². The zero-order valence-electron chi connectivity index (χ0n) is 16.6. The molecule has 5 nitrogen and oxygen atoms in total. The summed E-state index contributed by atoms with van der Waals surface area (Å²) in [6, 6.07) is 14.5. The summed E-state index contributed by atoms with van der Waals surface area (Å²) in [4.78, 5) is 29.1. The Morgan fingerprint density at radius 2 is 1.83 bits per heavy atom. The van der Waals surface area contributed by atoms with E-state index in [-0.39, 0.29) is 24.5 Å². The molecular weight excluding hydrogens is 422 g/mol. The van der Waals surface area contributed by atoms with E-state index in [0.29, 0.717) is 34.3 Å². The molecule has 0 radical (unpaired) electrons. The van der Waals surface area contributed by atoms with Crippen LogP contribution in [0, 0.1) is 0 Å². The molecule has 2 aliphatic heterocycles. The highest BCUT2D eigenvalue weighted by atomic mass is 35.5. The molecule has 2 aliphatic rings. The molecule has 0 aromatic heterocycles. The van der Waals surface area contributed by atoms with Gasteiger partial charge in [-0.1, -0.05) is 35.5 Å². The molecule has 0 bridgehead atoms. The Labute approximate surface area is 185 Å². The van der Waals surface area contributed by atoms with Gasteiger partial charge in [0.15, 0.2) is 0 Å². The van der Waals surface area contributed by atoms with Gasteiger partial charge in [0.1, 0.15) is 5.75 Å². The fourth-order valence-corrected chi connectivity index (χ4v) is 4.70. The van der Waals surface area contributed by atoms with Gasteiger partial charge in [-0.3, -0.25) is 14.5 Å². The lowest BCUT2D eigenvalue weighted by molar-refractivity contribution is -0.138. The van der Waals surface area contributed by atoms with E-state index in [0.717, 1.165) is 23.5 Å². The second kappa shape index (κ2) is 9.25. The van der Waals surface area contributed by atoms with Crippen molar-refractivity contribution in [2.24, 2.45) is 0 Å². The van der Waals surface area contributed by atoms with E-state index < -0.39 is 0 Å². The lowest BCUT2D eigenvalue weighted by atomic mass is 10.1. The summed E-state index contributed by atoms with van der Waals surface area (Å²) in [6.45, 7) is 3.43. The molecule has 7 heteroatoms. The SMILES string of the molecule is CCOc1ccc(C2=C(Sc3ccc(Cl)cc3)C(=O)N(CC3CCCO3)C2=O)cc1. The topological polar surface area (TPSA) is 55.8 Å². The molecular formula is C23H22ClNO4S. The molecule has 2 amide bonds.